The number of hydrogen-bond donors (Lipinski definition) is 1. The summed E-state index contributed by atoms with van der Waals surface area (Å²) in [5.74, 6) is -0.254. The highest BCUT2D eigenvalue weighted by Crippen LogP contribution is 2.30. The molecule has 0 aromatic heterocycles. The zero-order valence-electron chi connectivity index (χ0n) is 11.8. The molecule has 112 valence electrons. The minimum absolute atomic E-state index is 0.0835. The van der Waals surface area contributed by atoms with E-state index in [-0.39, 0.29) is 23.1 Å². The molecule has 0 spiro atoms. The van der Waals surface area contributed by atoms with Gasteiger partial charge in [-0.1, -0.05) is 38.0 Å². The van der Waals surface area contributed by atoms with Crippen LogP contribution < -0.4 is 5.73 Å². The zero-order valence-corrected chi connectivity index (χ0v) is 12.6. The van der Waals surface area contributed by atoms with E-state index in [0.29, 0.717) is 24.3 Å². The van der Waals surface area contributed by atoms with Gasteiger partial charge < -0.3 is 5.73 Å². The molecule has 0 bridgehead atoms. The lowest BCUT2D eigenvalue weighted by Crippen LogP contribution is -2.28. The Hall–Kier alpha value is -0.940. The minimum Gasteiger partial charge on any atom is -0.326 e. The van der Waals surface area contributed by atoms with Crippen molar-refractivity contribution in [2.24, 2.45) is 11.7 Å². The highest BCUT2D eigenvalue weighted by Gasteiger charge is 2.30. The first-order valence-electron chi connectivity index (χ1n) is 7.12. The third kappa shape index (κ3) is 3.38. The van der Waals surface area contributed by atoms with Gasteiger partial charge in [0.1, 0.15) is 5.82 Å². The van der Waals surface area contributed by atoms with E-state index in [9.17, 15) is 12.8 Å². The van der Waals surface area contributed by atoms with Crippen molar-refractivity contribution in [2.75, 3.05) is 0 Å². The minimum atomic E-state index is -3.30. The second-order valence-electron chi connectivity index (χ2n) is 5.80. The molecular weight excluding hydrogens is 277 g/mol. The smallest absolute Gasteiger partial charge is 0.157 e. The lowest BCUT2D eigenvalue weighted by Gasteiger charge is -2.26. The lowest BCUT2D eigenvalue weighted by molar-refractivity contribution is 0.381. The summed E-state index contributed by atoms with van der Waals surface area (Å²) in [7, 11) is -3.30. The Morgan fingerprint density at radius 3 is 2.65 bits per heavy atom. The monoisotopic (exact) mass is 299 g/mol. The van der Waals surface area contributed by atoms with Gasteiger partial charge >= 0.3 is 0 Å². The summed E-state index contributed by atoms with van der Waals surface area (Å²) in [6, 6.07) is 4.80. The fourth-order valence-electron chi connectivity index (χ4n) is 2.94. The first-order valence-corrected chi connectivity index (χ1v) is 8.83. The molecule has 1 fully saturated rings. The van der Waals surface area contributed by atoms with Crippen molar-refractivity contribution in [3.8, 4) is 0 Å². The molecule has 0 aliphatic heterocycles. The summed E-state index contributed by atoms with van der Waals surface area (Å²) < 4.78 is 39.0. The first-order chi connectivity index (χ1) is 9.44. The largest absolute Gasteiger partial charge is 0.326 e. The summed E-state index contributed by atoms with van der Waals surface area (Å²) in [5.41, 5.74) is 6.07. The van der Waals surface area contributed by atoms with E-state index in [1.54, 1.807) is 12.1 Å². The van der Waals surface area contributed by atoms with Gasteiger partial charge in [-0.2, -0.15) is 0 Å². The highest BCUT2D eigenvalue weighted by atomic mass is 32.2. The maximum atomic E-state index is 14.1. The molecule has 1 saturated carbocycles. The molecule has 0 heterocycles. The average Bonchev–Trinajstić information content (AvgIpc) is 2.41. The van der Waals surface area contributed by atoms with Gasteiger partial charge in [0.25, 0.3) is 0 Å². The third-order valence-corrected chi connectivity index (χ3v) is 6.29. The van der Waals surface area contributed by atoms with Crippen molar-refractivity contribution in [2.45, 2.75) is 50.2 Å². The van der Waals surface area contributed by atoms with Gasteiger partial charge in [0, 0.05) is 17.7 Å². The van der Waals surface area contributed by atoms with Crippen molar-refractivity contribution in [1.82, 2.24) is 0 Å². The van der Waals surface area contributed by atoms with Crippen LogP contribution in [0, 0.1) is 11.7 Å². The van der Waals surface area contributed by atoms with Crippen LogP contribution in [0.5, 0.6) is 0 Å². The van der Waals surface area contributed by atoms with E-state index in [4.69, 9.17) is 5.73 Å². The van der Waals surface area contributed by atoms with E-state index in [1.165, 1.54) is 6.07 Å². The predicted molar refractivity (Wildman–Crippen MR) is 78.3 cm³/mol. The molecule has 1 aliphatic rings. The molecular formula is C15H22FNO2S. The fourth-order valence-corrected chi connectivity index (χ4v) is 4.98. The Labute approximate surface area is 120 Å². The van der Waals surface area contributed by atoms with Crippen LogP contribution in [0.4, 0.5) is 4.39 Å². The summed E-state index contributed by atoms with van der Waals surface area (Å²) >= 11 is 0. The van der Waals surface area contributed by atoms with Gasteiger partial charge in [-0.05, 0) is 18.8 Å². The van der Waals surface area contributed by atoms with Crippen LogP contribution in [0.15, 0.2) is 18.2 Å². The van der Waals surface area contributed by atoms with Crippen LogP contribution in [0.3, 0.4) is 0 Å². The van der Waals surface area contributed by atoms with E-state index >= 15 is 0 Å². The van der Waals surface area contributed by atoms with E-state index in [0.717, 1.165) is 12.8 Å². The maximum absolute atomic E-state index is 14.1. The fraction of sp³-hybridized carbons (Fsp3) is 0.600. The highest BCUT2D eigenvalue weighted by molar-refractivity contribution is 7.91. The van der Waals surface area contributed by atoms with Gasteiger partial charge in [-0.15, -0.1) is 0 Å². The standard InChI is InChI=1S/C15H22FNO2S/c1-11-4-2-7-14(8-11)20(18,19)10-13-6-3-5-12(9-17)15(13)16/h3,5-6,11,14H,2,4,7-10,17H2,1H3. The van der Waals surface area contributed by atoms with E-state index < -0.39 is 15.7 Å². The van der Waals surface area contributed by atoms with Crippen LogP contribution >= 0.6 is 0 Å². The quantitative estimate of drug-likeness (QED) is 0.930. The molecule has 0 saturated heterocycles. The molecule has 1 aliphatic carbocycles. The molecule has 20 heavy (non-hydrogen) atoms. The molecule has 2 N–H and O–H groups in total. The van der Waals surface area contributed by atoms with Crippen molar-refractivity contribution < 1.29 is 12.8 Å². The van der Waals surface area contributed by atoms with Gasteiger partial charge in [0.2, 0.25) is 0 Å². The Morgan fingerprint density at radius 1 is 1.30 bits per heavy atom. The van der Waals surface area contributed by atoms with Crippen molar-refractivity contribution in [3.05, 3.63) is 35.1 Å². The van der Waals surface area contributed by atoms with Gasteiger partial charge in [0.05, 0.1) is 11.0 Å². The Balaban J connectivity index is 2.20. The Kier molecular flexibility index (Phi) is 4.81. The van der Waals surface area contributed by atoms with Crippen LogP contribution in [-0.2, 0) is 22.1 Å². The Morgan fingerprint density at radius 2 is 2.00 bits per heavy atom. The topological polar surface area (TPSA) is 60.2 Å². The maximum Gasteiger partial charge on any atom is 0.157 e. The third-order valence-electron chi connectivity index (χ3n) is 4.13. The van der Waals surface area contributed by atoms with E-state index in [1.807, 2.05) is 0 Å². The molecule has 0 amide bonds. The number of halogens is 1. The van der Waals surface area contributed by atoms with Crippen molar-refractivity contribution in [1.29, 1.82) is 0 Å². The molecule has 2 rings (SSSR count). The number of rotatable bonds is 4. The summed E-state index contributed by atoms with van der Waals surface area (Å²) in [6.07, 6.45) is 3.42. The SMILES string of the molecule is CC1CCCC(S(=O)(=O)Cc2cccc(CN)c2F)C1. The molecule has 1 aromatic rings. The summed E-state index contributed by atoms with van der Waals surface area (Å²) in [6.45, 7) is 2.16. The molecule has 1 aromatic carbocycles. The van der Waals surface area contributed by atoms with Gasteiger partial charge in [-0.25, -0.2) is 12.8 Å². The molecule has 5 heteroatoms. The zero-order chi connectivity index (χ0) is 14.8. The molecule has 3 nitrogen and oxygen atoms in total. The van der Waals surface area contributed by atoms with Crippen LogP contribution in [0.2, 0.25) is 0 Å². The Bertz CT molecular complexity index is 571. The number of sulfone groups is 1. The second-order valence-corrected chi connectivity index (χ2v) is 8.08. The van der Waals surface area contributed by atoms with Crippen molar-refractivity contribution in [3.63, 3.8) is 0 Å². The van der Waals surface area contributed by atoms with Crippen LogP contribution in [-0.4, -0.2) is 13.7 Å². The average molecular weight is 299 g/mol. The van der Waals surface area contributed by atoms with Gasteiger partial charge in [-0.3, -0.25) is 0 Å². The second kappa shape index (κ2) is 6.22. The normalized spacial score (nSPS) is 23.8. The first kappa shape index (κ1) is 15.4. The van der Waals surface area contributed by atoms with Gasteiger partial charge in [0.15, 0.2) is 9.84 Å². The van der Waals surface area contributed by atoms with E-state index in [2.05, 4.69) is 6.92 Å². The molecule has 2 unspecified atom stereocenters. The number of benzene rings is 1. The predicted octanol–water partition coefficient (Wildman–Crippen LogP) is 2.78. The summed E-state index contributed by atoms with van der Waals surface area (Å²) in [4.78, 5) is 0. The lowest BCUT2D eigenvalue weighted by atomic mass is 9.91. The molecule has 0 radical (unpaired) electrons. The van der Waals surface area contributed by atoms with Crippen LogP contribution in [0.1, 0.15) is 43.7 Å². The summed E-state index contributed by atoms with van der Waals surface area (Å²) in [5, 5.41) is -0.327. The van der Waals surface area contributed by atoms with Crippen LogP contribution in [0.25, 0.3) is 0 Å². The van der Waals surface area contributed by atoms with Crippen molar-refractivity contribution >= 4 is 9.84 Å². The molecule has 2 atom stereocenters. The number of hydrogen-bond acceptors (Lipinski definition) is 3. The number of nitrogens with two attached hydrogens (primary N) is 1.